The lowest BCUT2D eigenvalue weighted by atomic mass is 9.69. The number of nitrogens with zero attached hydrogens (tertiary/aromatic N) is 1. The molecular weight excluding hydrogens is 552 g/mol. The second-order valence-corrected chi connectivity index (χ2v) is 11.9. The number of nitrogens with one attached hydrogen (secondary N) is 3. The van der Waals surface area contributed by atoms with Crippen LogP contribution in [-0.2, 0) is 29.8 Å². The average Bonchev–Trinajstić information content (AvgIpc) is 3.64. The van der Waals surface area contributed by atoms with E-state index in [0.29, 0.717) is 37.4 Å². The Hall–Kier alpha value is -3.54. The highest BCUT2D eigenvalue weighted by molar-refractivity contribution is 7.11. The molecule has 0 aliphatic heterocycles. The fourth-order valence-electron chi connectivity index (χ4n) is 5.23. The minimum absolute atomic E-state index is 0.0445. The predicted molar refractivity (Wildman–Crippen MR) is 162 cm³/mol. The van der Waals surface area contributed by atoms with Crippen LogP contribution in [0.15, 0.2) is 71.3 Å². The van der Waals surface area contributed by atoms with Crippen LogP contribution in [0, 0.1) is 5.92 Å². The number of aliphatic hydroxyl groups excluding tert-OH is 1. The Kier molecular flexibility index (Phi) is 10.0. The smallest absolute Gasteiger partial charge is 0.231 e. The Morgan fingerprint density at radius 3 is 2.60 bits per heavy atom. The van der Waals surface area contributed by atoms with Crippen molar-refractivity contribution in [1.82, 2.24) is 15.6 Å². The van der Waals surface area contributed by atoms with E-state index in [2.05, 4.69) is 33.1 Å². The van der Waals surface area contributed by atoms with E-state index in [4.69, 9.17) is 4.42 Å². The van der Waals surface area contributed by atoms with Crippen molar-refractivity contribution in [3.8, 4) is 5.75 Å². The Morgan fingerprint density at radius 1 is 1.05 bits per heavy atom. The number of rotatable bonds is 16. The molecule has 2 atom stereocenters. The second-order valence-electron chi connectivity index (χ2n) is 10.7. The molecule has 0 bridgehead atoms. The van der Waals surface area contributed by atoms with Gasteiger partial charge in [0.05, 0.1) is 18.0 Å². The van der Waals surface area contributed by atoms with Crippen molar-refractivity contribution in [2.24, 2.45) is 5.92 Å². The molecule has 0 saturated heterocycles. The molecular formula is C32H38N4O5S. The van der Waals surface area contributed by atoms with Gasteiger partial charge in [-0.05, 0) is 54.7 Å². The number of oxazole rings is 1. The number of thiophene rings is 1. The van der Waals surface area contributed by atoms with Gasteiger partial charge in [0.1, 0.15) is 11.5 Å². The lowest BCUT2D eigenvalue weighted by Crippen LogP contribution is -2.40. The number of benzene rings is 2. The number of hydrogen-bond acceptors (Lipinski definition) is 9. The zero-order chi connectivity index (χ0) is 29.4. The molecule has 2 aromatic heterocycles. The van der Waals surface area contributed by atoms with Crippen LogP contribution in [0.5, 0.6) is 5.75 Å². The number of phenolic OH excluding ortho intramolecular Hbond substituents is 1. The van der Waals surface area contributed by atoms with Gasteiger partial charge in [0, 0.05) is 48.3 Å². The van der Waals surface area contributed by atoms with Crippen molar-refractivity contribution in [3.63, 3.8) is 0 Å². The number of amides is 1. The van der Waals surface area contributed by atoms with Crippen molar-refractivity contribution in [1.29, 1.82) is 0 Å². The fourth-order valence-corrected chi connectivity index (χ4v) is 6.22. The molecule has 1 fully saturated rings. The molecule has 6 N–H and O–H groups in total. The zero-order valence-corrected chi connectivity index (χ0v) is 24.3. The Balaban J connectivity index is 1.03. The highest BCUT2D eigenvalue weighted by atomic mass is 32.1. The highest BCUT2D eigenvalue weighted by Gasteiger charge is 2.46. The molecule has 1 unspecified atom stereocenters. The van der Waals surface area contributed by atoms with Gasteiger partial charge in [0.2, 0.25) is 12.3 Å². The van der Waals surface area contributed by atoms with Crippen LogP contribution in [0.1, 0.15) is 57.9 Å². The molecule has 1 amide bonds. The summed E-state index contributed by atoms with van der Waals surface area (Å²) in [6.45, 7) is 2.56. The number of anilines is 1. The molecule has 1 aliphatic rings. The average molecular weight is 591 g/mol. The van der Waals surface area contributed by atoms with E-state index < -0.39 is 11.7 Å². The van der Waals surface area contributed by atoms with Gasteiger partial charge in [0.15, 0.2) is 5.60 Å². The van der Waals surface area contributed by atoms with Crippen LogP contribution in [0.2, 0.25) is 0 Å². The van der Waals surface area contributed by atoms with Gasteiger partial charge in [0.25, 0.3) is 0 Å². The normalized spacial score (nSPS) is 15.6. The van der Waals surface area contributed by atoms with E-state index in [9.17, 15) is 20.1 Å². The van der Waals surface area contributed by atoms with Crippen molar-refractivity contribution in [3.05, 3.63) is 99.4 Å². The van der Waals surface area contributed by atoms with E-state index >= 15 is 0 Å². The molecule has 2 heterocycles. The minimum Gasteiger partial charge on any atom is -0.506 e. The summed E-state index contributed by atoms with van der Waals surface area (Å²) in [6, 6.07) is 18.6. The standard InChI is InChI=1S/C32H38N4O5S/c37-21-36-28-17-22(9-12-29(28)38)30(39)20-34-16-14-26-10-11-27(42-26)19-33-15-13-25-18-35-31(41-25)32(40,24-7-4-8-24)23-5-2-1-3-6-23/h1-3,5-6,9-12,17-18,21,24,30,33-34,38-40H,4,7-8,13-16,19-20H2,(H,36,37)/t30-,32?/m0/s1. The van der Waals surface area contributed by atoms with Crippen LogP contribution in [-0.4, -0.2) is 46.3 Å². The van der Waals surface area contributed by atoms with E-state index in [1.54, 1.807) is 29.7 Å². The van der Waals surface area contributed by atoms with Crippen LogP contribution in [0.3, 0.4) is 0 Å². The molecule has 42 heavy (non-hydrogen) atoms. The summed E-state index contributed by atoms with van der Waals surface area (Å²) < 4.78 is 6.09. The Morgan fingerprint density at radius 2 is 1.83 bits per heavy atom. The third-order valence-electron chi connectivity index (χ3n) is 7.86. The van der Waals surface area contributed by atoms with E-state index in [1.807, 2.05) is 30.3 Å². The molecule has 4 aromatic rings. The van der Waals surface area contributed by atoms with Crippen LogP contribution < -0.4 is 16.0 Å². The summed E-state index contributed by atoms with van der Waals surface area (Å²) >= 11 is 1.76. The zero-order valence-electron chi connectivity index (χ0n) is 23.5. The molecule has 222 valence electrons. The van der Waals surface area contributed by atoms with Gasteiger partial charge in [-0.1, -0.05) is 42.8 Å². The molecule has 5 rings (SSSR count). The number of carbonyl (C=O) groups is 1. The molecule has 10 heteroatoms. The number of aliphatic hydroxyl groups is 2. The Bertz CT molecular complexity index is 1440. The van der Waals surface area contributed by atoms with Crippen molar-refractivity contribution >= 4 is 23.4 Å². The van der Waals surface area contributed by atoms with Crippen molar-refractivity contribution in [2.75, 3.05) is 25.0 Å². The van der Waals surface area contributed by atoms with Gasteiger partial charge >= 0.3 is 0 Å². The first-order valence-electron chi connectivity index (χ1n) is 14.4. The number of aromatic hydroxyl groups is 1. The number of aromatic nitrogens is 1. The fraction of sp³-hybridized carbons (Fsp3) is 0.375. The minimum atomic E-state index is -1.19. The first kappa shape index (κ1) is 29.9. The van der Waals surface area contributed by atoms with Gasteiger partial charge < -0.3 is 35.7 Å². The summed E-state index contributed by atoms with van der Waals surface area (Å²) in [5.74, 6) is 1.23. The molecule has 0 spiro atoms. The maximum absolute atomic E-state index is 11.7. The maximum atomic E-state index is 11.7. The third-order valence-corrected chi connectivity index (χ3v) is 9.00. The van der Waals surface area contributed by atoms with Crippen molar-refractivity contribution < 1.29 is 24.5 Å². The largest absolute Gasteiger partial charge is 0.506 e. The van der Waals surface area contributed by atoms with Gasteiger partial charge in [-0.2, -0.15) is 0 Å². The summed E-state index contributed by atoms with van der Waals surface area (Å²) in [4.78, 5) is 17.7. The lowest BCUT2D eigenvalue weighted by molar-refractivity contribution is -0.105. The maximum Gasteiger partial charge on any atom is 0.231 e. The monoisotopic (exact) mass is 590 g/mol. The van der Waals surface area contributed by atoms with Crippen LogP contribution >= 0.6 is 11.3 Å². The van der Waals surface area contributed by atoms with E-state index in [-0.39, 0.29) is 17.4 Å². The molecule has 0 radical (unpaired) electrons. The second kappa shape index (κ2) is 14.1. The number of carbonyl (C=O) groups excluding carboxylic acids is 1. The third kappa shape index (κ3) is 7.08. The topological polar surface area (TPSA) is 140 Å². The van der Waals surface area contributed by atoms with Crippen molar-refractivity contribution in [2.45, 2.75) is 50.4 Å². The van der Waals surface area contributed by atoms with Gasteiger partial charge in [-0.3, -0.25) is 4.79 Å². The SMILES string of the molecule is O=CNc1cc([C@@H](O)CNCCc2ccc(CNCCc3cnc(C(O)(c4ccccc4)C4CCC4)o3)s2)ccc1O. The highest BCUT2D eigenvalue weighted by Crippen LogP contribution is 2.46. The van der Waals surface area contributed by atoms with E-state index in [0.717, 1.165) is 50.1 Å². The Labute approximate surface area is 249 Å². The molecule has 9 nitrogen and oxygen atoms in total. The van der Waals surface area contributed by atoms with E-state index in [1.165, 1.54) is 15.8 Å². The summed E-state index contributed by atoms with van der Waals surface area (Å²) in [7, 11) is 0. The van der Waals surface area contributed by atoms with Gasteiger partial charge in [-0.25, -0.2) is 4.98 Å². The predicted octanol–water partition coefficient (Wildman–Crippen LogP) is 4.24. The first-order chi connectivity index (χ1) is 20.5. The molecule has 2 aromatic carbocycles. The lowest BCUT2D eigenvalue weighted by Gasteiger charge is -2.39. The quantitative estimate of drug-likeness (QED) is 0.0647. The van der Waals surface area contributed by atoms with Gasteiger partial charge in [-0.15, -0.1) is 11.3 Å². The van der Waals surface area contributed by atoms with Crippen LogP contribution in [0.4, 0.5) is 5.69 Å². The summed E-state index contributed by atoms with van der Waals surface area (Å²) in [5, 5.41) is 41.1. The number of hydrogen-bond donors (Lipinski definition) is 6. The first-order valence-corrected chi connectivity index (χ1v) is 15.2. The van der Waals surface area contributed by atoms with Crippen LogP contribution in [0.25, 0.3) is 0 Å². The summed E-state index contributed by atoms with van der Waals surface area (Å²) in [6.07, 6.45) is 6.04. The summed E-state index contributed by atoms with van der Waals surface area (Å²) in [5.41, 5.74) is 0.530. The molecule has 1 aliphatic carbocycles. The molecule has 1 saturated carbocycles. The number of phenols is 1.